The number of nitrogens with zero attached hydrogens (tertiary/aromatic N) is 4. The maximum absolute atomic E-state index is 11.4. The number of unbranched alkanes of at least 4 members (excludes halogenated alkanes) is 1. The molecule has 0 aliphatic rings. The van der Waals surface area contributed by atoms with E-state index in [-0.39, 0.29) is 6.09 Å². The quantitative estimate of drug-likeness (QED) is 0.485. The normalized spacial score (nSPS) is 10.9. The van der Waals surface area contributed by atoms with Crippen molar-refractivity contribution in [2.45, 2.75) is 33.1 Å². The predicted molar refractivity (Wildman–Crippen MR) is 113 cm³/mol. The van der Waals surface area contributed by atoms with Gasteiger partial charge in [0, 0.05) is 25.2 Å². The highest BCUT2D eigenvalue weighted by atomic mass is 16.5. The number of nitrogens with one attached hydrogen (secondary N) is 2. The van der Waals surface area contributed by atoms with Crippen LogP contribution in [0.15, 0.2) is 12.1 Å². The largest absolute Gasteiger partial charge is 0.493 e. The molecular formula is C20H28N6O4. The van der Waals surface area contributed by atoms with E-state index in [0.717, 1.165) is 36.1 Å². The molecule has 30 heavy (non-hydrogen) atoms. The molecule has 2 aromatic heterocycles. The van der Waals surface area contributed by atoms with Crippen LogP contribution < -0.4 is 20.1 Å². The van der Waals surface area contributed by atoms with E-state index in [4.69, 9.17) is 19.2 Å². The zero-order valence-corrected chi connectivity index (χ0v) is 17.8. The van der Waals surface area contributed by atoms with E-state index in [0.29, 0.717) is 42.7 Å². The van der Waals surface area contributed by atoms with Crippen molar-refractivity contribution in [3.05, 3.63) is 18.0 Å². The Bertz CT molecular complexity index is 1020. The van der Waals surface area contributed by atoms with Crippen molar-refractivity contribution in [3.63, 3.8) is 0 Å². The third-order valence-corrected chi connectivity index (χ3v) is 4.59. The minimum absolute atomic E-state index is 0.369. The summed E-state index contributed by atoms with van der Waals surface area (Å²) in [4.78, 5) is 16.2. The number of carbonyl (C=O) groups excluding carboxylic acids is 1. The number of methoxy groups -OCH3 is 2. The summed E-state index contributed by atoms with van der Waals surface area (Å²) in [6, 6.07) is 3.71. The summed E-state index contributed by atoms with van der Waals surface area (Å²) in [5.74, 6) is 2.62. The number of aromatic nitrogens is 4. The molecule has 3 aromatic rings. The molecule has 1 aromatic carbocycles. The van der Waals surface area contributed by atoms with Gasteiger partial charge in [-0.2, -0.15) is 0 Å². The van der Waals surface area contributed by atoms with Crippen LogP contribution in [-0.2, 0) is 4.74 Å². The number of aryl methyl sites for hydroxylation is 1. The Kier molecular flexibility index (Phi) is 7.10. The highest BCUT2D eigenvalue weighted by molar-refractivity contribution is 5.85. The van der Waals surface area contributed by atoms with Gasteiger partial charge in [-0.15, -0.1) is 10.2 Å². The first-order valence-electron chi connectivity index (χ1n) is 10.0. The number of anilines is 1. The molecule has 3 rings (SSSR count). The van der Waals surface area contributed by atoms with E-state index in [9.17, 15) is 4.79 Å². The van der Waals surface area contributed by atoms with Crippen molar-refractivity contribution in [1.82, 2.24) is 24.9 Å². The van der Waals surface area contributed by atoms with Crippen LogP contribution in [0.2, 0.25) is 0 Å². The fourth-order valence-corrected chi connectivity index (χ4v) is 3.11. The Balaban J connectivity index is 1.70. The van der Waals surface area contributed by atoms with E-state index in [1.807, 2.05) is 30.4 Å². The van der Waals surface area contributed by atoms with Crippen LogP contribution in [0.4, 0.5) is 10.6 Å². The van der Waals surface area contributed by atoms with Crippen LogP contribution in [0.1, 0.15) is 32.0 Å². The lowest BCUT2D eigenvalue weighted by molar-refractivity contribution is 0.146. The number of amides is 1. The standard InChI is InChI=1S/C20H28N6O4/c1-5-10-30-20(27)22-9-7-6-8-21-18-19-25-24-13(2)26(19)15-12-17(29-4)16(28-3)11-14(15)23-18/h11-12H,5-10H2,1-4H3,(H,21,23)(H,22,27). The first-order chi connectivity index (χ1) is 14.6. The van der Waals surface area contributed by atoms with Gasteiger partial charge in [-0.3, -0.25) is 4.40 Å². The molecule has 10 heteroatoms. The van der Waals surface area contributed by atoms with Gasteiger partial charge in [-0.1, -0.05) is 6.92 Å². The summed E-state index contributed by atoms with van der Waals surface area (Å²) in [6.07, 6.45) is 2.10. The Hall–Kier alpha value is -3.30. The highest BCUT2D eigenvalue weighted by Gasteiger charge is 2.16. The Morgan fingerprint density at radius 2 is 1.83 bits per heavy atom. The van der Waals surface area contributed by atoms with Crippen molar-refractivity contribution in [1.29, 1.82) is 0 Å². The average Bonchev–Trinajstić information content (AvgIpc) is 3.15. The lowest BCUT2D eigenvalue weighted by Gasteiger charge is -2.13. The van der Waals surface area contributed by atoms with Crippen molar-refractivity contribution in [2.24, 2.45) is 0 Å². The topological polar surface area (TPSA) is 112 Å². The SMILES string of the molecule is CCCOC(=O)NCCCCNc1nc2cc(OC)c(OC)cc2n2c(C)nnc12. The molecule has 0 bridgehead atoms. The summed E-state index contributed by atoms with van der Waals surface area (Å²) >= 11 is 0. The first kappa shape index (κ1) is 21.4. The fourth-order valence-electron chi connectivity index (χ4n) is 3.11. The third-order valence-electron chi connectivity index (χ3n) is 4.59. The summed E-state index contributed by atoms with van der Waals surface area (Å²) in [6.45, 7) is 5.53. The van der Waals surface area contributed by atoms with Gasteiger partial charge in [0.2, 0.25) is 5.65 Å². The molecule has 0 unspecified atom stereocenters. The van der Waals surface area contributed by atoms with Gasteiger partial charge in [0.25, 0.3) is 0 Å². The van der Waals surface area contributed by atoms with E-state index in [1.54, 1.807) is 14.2 Å². The maximum atomic E-state index is 11.4. The number of fused-ring (bicyclic) bond motifs is 3. The number of hydrogen-bond donors (Lipinski definition) is 2. The molecule has 0 atom stereocenters. The molecule has 2 N–H and O–H groups in total. The molecule has 0 radical (unpaired) electrons. The molecule has 0 spiro atoms. The van der Waals surface area contributed by atoms with Crippen LogP contribution in [0, 0.1) is 6.92 Å². The predicted octanol–water partition coefficient (Wildman–Crippen LogP) is 2.93. The minimum atomic E-state index is -0.369. The zero-order valence-electron chi connectivity index (χ0n) is 17.8. The van der Waals surface area contributed by atoms with Crippen LogP contribution in [0.25, 0.3) is 16.7 Å². The second kappa shape index (κ2) is 9.95. The van der Waals surface area contributed by atoms with E-state index >= 15 is 0 Å². The number of carbonyl (C=O) groups is 1. The zero-order chi connectivity index (χ0) is 21.5. The van der Waals surface area contributed by atoms with Gasteiger partial charge in [-0.05, 0) is 26.2 Å². The van der Waals surface area contributed by atoms with Gasteiger partial charge in [0.15, 0.2) is 17.3 Å². The molecule has 2 heterocycles. The number of ether oxygens (including phenoxy) is 3. The smallest absolute Gasteiger partial charge is 0.407 e. The van der Waals surface area contributed by atoms with Crippen LogP contribution >= 0.6 is 0 Å². The highest BCUT2D eigenvalue weighted by Crippen LogP contribution is 2.33. The Morgan fingerprint density at radius 3 is 2.57 bits per heavy atom. The Labute approximate surface area is 174 Å². The lowest BCUT2D eigenvalue weighted by Crippen LogP contribution is -2.25. The molecular weight excluding hydrogens is 388 g/mol. The maximum Gasteiger partial charge on any atom is 0.407 e. The van der Waals surface area contributed by atoms with Crippen LogP contribution in [-0.4, -0.2) is 59.6 Å². The van der Waals surface area contributed by atoms with E-state index in [2.05, 4.69) is 20.8 Å². The van der Waals surface area contributed by atoms with Gasteiger partial charge in [0.1, 0.15) is 5.82 Å². The lowest BCUT2D eigenvalue weighted by atomic mass is 10.2. The summed E-state index contributed by atoms with van der Waals surface area (Å²) in [7, 11) is 3.19. The summed E-state index contributed by atoms with van der Waals surface area (Å²) in [5, 5.41) is 14.6. The molecule has 162 valence electrons. The minimum Gasteiger partial charge on any atom is -0.493 e. The number of benzene rings is 1. The molecule has 0 aliphatic carbocycles. The molecule has 0 saturated heterocycles. The number of rotatable bonds is 10. The first-order valence-corrected chi connectivity index (χ1v) is 10.0. The van der Waals surface area contributed by atoms with Crippen molar-refractivity contribution in [3.8, 4) is 11.5 Å². The molecule has 1 amide bonds. The van der Waals surface area contributed by atoms with E-state index in [1.165, 1.54) is 0 Å². The van der Waals surface area contributed by atoms with Crippen LogP contribution in [0.3, 0.4) is 0 Å². The molecule has 0 aliphatic heterocycles. The van der Waals surface area contributed by atoms with Crippen molar-refractivity contribution >= 4 is 28.6 Å². The molecule has 0 fully saturated rings. The van der Waals surface area contributed by atoms with Gasteiger partial charge in [-0.25, -0.2) is 9.78 Å². The molecule has 0 saturated carbocycles. The summed E-state index contributed by atoms with van der Waals surface area (Å²) < 4.78 is 17.7. The second-order valence-corrected chi connectivity index (χ2v) is 6.76. The third kappa shape index (κ3) is 4.64. The second-order valence-electron chi connectivity index (χ2n) is 6.76. The summed E-state index contributed by atoms with van der Waals surface area (Å²) in [5.41, 5.74) is 2.23. The molecule has 10 nitrogen and oxygen atoms in total. The monoisotopic (exact) mass is 416 g/mol. The van der Waals surface area contributed by atoms with Crippen LogP contribution in [0.5, 0.6) is 11.5 Å². The van der Waals surface area contributed by atoms with Gasteiger partial charge in [0.05, 0.1) is 31.9 Å². The van der Waals surface area contributed by atoms with Crippen molar-refractivity contribution in [2.75, 3.05) is 39.2 Å². The number of alkyl carbamates (subject to hydrolysis) is 1. The average molecular weight is 416 g/mol. The number of hydrogen-bond acceptors (Lipinski definition) is 8. The van der Waals surface area contributed by atoms with Gasteiger partial charge < -0.3 is 24.8 Å². The fraction of sp³-hybridized carbons (Fsp3) is 0.500. The van der Waals surface area contributed by atoms with Gasteiger partial charge >= 0.3 is 6.09 Å². The van der Waals surface area contributed by atoms with Crippen molar-refractivity contribution < 1.29 is 19.0 Å². The van der Waals surface area contributed by atoms with E-state index < -0.39 is 0 Å². The Morgan fingerprint density at radius 1 is 1.10 bits per heavy atom.